The minimum Gasteiger partial charge on any atom is -0.389 e. The Kier molecular flexibility index (Phi) is 3.74. The summed E-state index contributed by atoms with van der Waals surface area (Å²) in [6.45, 7) is 1.68. The van der Waals surface area contributed by atoms with Crippen molar-refractivity contribution < 1.29 is 9.90 Å². The molecule has 0 bridgehead atoms. The van der Waals surface area contributed by atoms with E-state index in [4.69, 9.17) is 11.6 Å². The zero-order valence-electron chi connectivity index (χ0n) is 11.7. The van der Waals surface area contributed by atoms with E-state index in [1.54, 1.807) is 31.3 Å². The third-order valence-electron chi connectivity index (χ3n) is 3.65. The van der Waals surface area contributed by atoms with Gasteiger partial charge in [0.05, 0.1) is 11.1 Å². The number of aliphatic hydroxyl groups is 1. The molecule has 1 aliphatic rings. The molecule has 0 radical (unpaired) electrons. The molecule has 0 saturated heterocycles. The Morgan fingerprint density at radius 1 is 1.43 bits per heavy atom. The van der Waals surface area contributed by atoms with Gasteiger partial charge in [0.1, 0.15) is 5.69 Å². The molecule has 1 aromatic carbocycles. The minimum atomic E-state index is -0.639. The van der Waals surface area contributed by atoms with Crippen LogP contribution in [0.25, 0.3) is 0 Å². The van der Waals surface area contributed by atoms with Crippen molar-refractivity contribution in [2.45, 2.75) is 31.9 Å². The number of aromatic nitrogens is 1. The van der Waals surface area contributed by atoms with Gasteiger partial charge in [-0.1, -0.05) is 29.8 Å². The van der Waals surface area contributed by atoms with E-state index in [2.05, 4.69) is 5.32 Å². The molecule has 1 unspecified atom stereocenters. The van der Waals surface area contributed by atoms with E-state index in [0.717, 1.165) is 12.8 Å². The number of amides is 1. The molecule has 1 fully saturated rings. The zero-order chi connectivity index (χ0) is 15.0. The number of nitrogens with one attached hydrogen (secondary N) is 1. The molecule has 1 heterocycles. The molecule has 1 saturated carbocycles. The number of hydrogen-bond acceptors (Lipinski definition) is 2. The highest BCUT2D eigenvalue weighted by Crippen LogP contribution is 2.37. The highest BCUT2D eigenvalue weighted by atomic mass is 35.5. The number of para-hydroxylation sites is 1. The van der Waals surface area contributed by atoms with Crippen molar-refractivity contribution in [2.24, 2.45) is 0 Å². The van der Waals surface area contributed by atoms with E-state index in [9.17, 15) is 9.90 Å². The number of carbonyl (C=O) groups is 1. The SMILES string of the molecule is CC(O)c1ccccc1NC(=O)c1cc(Cl)cn1C1CC1. The standard InChI is InChI=1S/C16H17ClN2O2/c1-10(20)13-4-2-3-5-14(13)18-16(21)15-8-11(17)9-19(15)12-6-7-12/h2-5,8-10,12,20H,6-7H2,1H3,(H,18,21). The first-order valence-electron chi connectivity index (χ1n) is 7.02. The largest absolute Gasteiger partial charge is 0.389 e. The third kappa shape index (κ3) is 2.96. The Morgan fingerprint density at radius 3 is 2.81 bits per heavy atom. The number of anilines is 1. The molecule has 2 aromatic rings. The van der Waals surface area contributed by atoms with Crippen molar-refractivity contribution in [3.63, 3.8) is 0 Å². The molecule has 0 aliphatic heterocycles. The molecule has 0 spiro atoms. The van der Waals surface area contributed by atoms with Gasteiger partial charge >= 0.3 is 0 Å². The molecular formula is C16H17ClN2O2. The minimum absolute atomic E-state index is 0.207. The molecule has 1 atom stereocenters. The number of rotatable bonds is 4. The van der Waals surface area contributed by atoms with Gasteiger partial charge in [-0.15, -0.1) is 0 Å². The summed E-state index contributed by atoms with van der Waals surface area (Å²) in [4.78, 5) is 12.5. The van der Waals surface area contributed by atoms with Crippen LogP contribution in [0.5, 0.6) is 0 Å². The second kappa shape index (κ2) is 5.54. The lowest BCUT2D eigenvalue weighted by atomic mass is 10.1. The van der Waals surface area contributed by atoms with Crippen LogP contribution >= 0.6 is 11.6 Å². The van der Waals surface area contributed by atoms with Crippen molar-refractivity contribution in [1.82, 2.24) is 4.57 Å². The van der Waals surface area contributed by atoms with Crippen LogP contribution in [-0.2, 0) is 0 Å². The monoisotopic (exact) mass is 304 g/mol. The zero-order valence-corrected chi connectivity index (χ0v) is 12.5. The quantitative estimate of drug-likeness (QED) is 0.903. The fourth-order valence-corrected chi connectivity index (χ4v) is 2.65. The van der Waals surface area contributed by atoms with Crippen LogP contribution in [0.3, 0.4) is 0 Å². The van der Waals surface area contributed by atoms with Crippen LogP contribution in [0, 0.1) is 0 Å². The summed E-state index contributed by atoms with van der Waals surface area (Å²) in [6.07, 6.45) is 3.32. The molecule has 4 nitrogen and oxygen atoms in total. The molecule has 21 heavy (non-hydrogen) atoms. The van der Waals surface area contributed by atoms with E-state index >= 15 is 0 Å². The van der Waals surface area contributed by atoms with E-state index < -0.39 is 6.10 Å². The second-order valence-corrected chi connectivity index (χ2v) is 5.84. The van der Waals surface area contributed by atoms with E-state index in [0.29, 0.717) is 28.0 Å². The smallest absolute Gasteiger partial charge is 0.272 e. The molecule has 110 valence electrons. The third-order valence-corrected chi connectivity index (χ3v) is 3.85. The maximum atomic E-state index is 12.5. The van der Waals surface area contributed by atoms with Gasteiger partial charge in [-0.3, -0.25) is 4.79 Å². The molecule has 1 aliphatic carbocycles. The van der Waals surface area contributed by atoms with Crippen LogP contribution in [0.1, 0.15) is 48.0 Å². The van der Waals surface area contributed by atoms with Crippen LogP contribution in [-0.4, -0.2) is 15.6 Å². The maximum absolute atomic E-state index is 12.5. The molecule has 1 aromatic heterocycles. The fourth-order valence-electron chi connectivity index (χ4n) is 2.44. The van der Waals surface area contributed by atoms with Gasteiger partial charge in [-0.2, -0.15) is 0 Å². The van der Waals surface area contributed by atoms with Gasteiger partial charge in [-0.05, 0) is 31.9 Å². The summed E-state index contributed by atoms with van der Waals surface area (Å²) in [5.74, 6) is -0.207. The molecule has 1 amide bonds. The van der Waals surface area contributed by atoms with Crippen molar-refractivity contribution >= 4 is 23.2 Å². The first-order valence-corrected chi connectivity index (χ1v) is 7.40. The summed E-state index contributed by atoms with van der Waals surface area (Å²) in [6, 6.07) is 9.31. The summed E-state index contributed by atoms with van der Waals surface area (Å²) in [5.41, 5.74) is 1.88. The van der Waals surface area contributed by atoms with Gasteiger partial charge in [-0.25, -0.2) is 0 Å². The fraction of sp³-hybridized carbons (Fsp3) is 0.312. The van der Waals surface area contributed by atoms with E-state index in [1.165, 1.54) is 0 Å². The van der Waals surface area contributed by atoms with E-state index in [1.807, 2.05) is 16.7 Å². The van der Waals surface area contributed by atoms with Crippen LogP contribution in [0.4, 0.5) is 5.69 Å². The van der Waals surface area contributed by atoms with Crippen molar-refractivity contribution in [3.05, 3.63) is 52.8 Å². The lowest BCUT2D eigenvalue weighted by Gasteiger charge is -2.14. The number of nitrogens with zero attached hydrogens (tertiary/aromatic N) is 1. The Labute approximate surface area is 128 Å². The average molecular weight is 305 g/mol. The van der Waals surface area contributed by atoms with Gasteiger partial charge in [0, 0.05) is 23.5 Å². The summed E-state index contributed by atoms with van der Waals surface area (Å²) < 4.78 is 1.93. The topological polar surface area (TPSA) is 54.3 Å². The second-order valence-electron chi connectivity index (χ2n) is 5.40. The highest BCUT2D eigenvalue weighted by molar-refractivity contribution is 6.31. The predicted molar refractivity (Wildman–Crippen MR) is 82.7 cm³/mol. The number of hydrogen-bond donors (Lipinski definition) is 2. The lowest BCUT2D eigenvalue weighted by Crippen LogP contribution is -2.17. The molecule has 3 rings (SSSR count). The summed E-state index contributed by atoms with van der Waals surface area (Å²) in [5, 5.41) is 13.2. The summed E-state index contributed by atoms with van der Waals surface area (Å²) in [7, 11) is 0. The Balaban J connectivity index is 1.87. The lowest BCUT2D eigenvalue weighted by molar-refractivity contribution is 0.101. The van der Waals surface area contributed by atoms with Gasteiger partial charge in [0.2, 0.25) is 0 Å². The van der Waals surface area contributed by atoms with E-state index in [-0.39, 0.29) is 5.91 Å². The average Bonchev–Trinajstić information content (AvgIpc) is 3.21. The Hall–Kier alpha value is -1.78. The Bertz CT molecular complexity index is 675. The van der Waals surface area contributed by atoms with Gasteiger partial charge in [0.15, 0.2) is 0 Å². The van der Waals surface area contributed by atoms with Gasteiger partial charge in [0.25, 0.3) is 5.91 Å². The normalized spacial score (nSPS) is 15.8. The first kappa shape index (κ1) is 14.2. The summed E-state index contributed by atoms with van der Waals surface area (Å²) >= 11 is 6.03. The van der Waals surface area contributed by atoms with Crippen LogP contribution in [0.2, 0.25) is 5.02 Å². The highest BCUT2D eigenvalue weighted by Gasteiger charge is 2.28. The number of aliphatic hydroxyl groups excluding tert-OH is 1. The molecule has 5 heteroatoms. The number of carbonyl (C=O) groups excluding carboxylic acids is 1. The van der Waals surface area contributed by atoms with Crippen molar-refractivity contribution in [3.8, 4) is 0 Å². The molecule has 2 N–H and O–H groups in total. The van der Waals surface area contributed by atoms with Crippen molar-refractivity contribution in [1.29, 1.82) is 0 Å². The van der Waals surface area contributed by atoms with Crippen LogP contribution < -0.4 is 5.32 Å². The van der Waals surface area contributed by atoms with Crippen LogP contribution in [0.15, 0.2) is 36.5 Å². The first-order chi connectivity index (χ1) is 10.1. The maximum Gasteiger partial charge on any atom is 0.272 e. The predicted octanol–water partition coefficient (Wildman–Crippen LogP) is 3.78. The number of benzene rings is 1. The van der Waals surface area contributed by atoms with Crippen molar-refractivity contribution in [2.75, 3.05) is 5.32 Å². The molecular weight excluding hydrogens is 288 g/mol. The Morgan fingerprint density at radius 2 is 2.14 bits per heavy atom. The van der Waals surface area contributed by atoms with Gasteiger partial charge < -0.3 is 15.0 Å². The number of halogens is 1.